The van der Waals surface area contributed by atoms with Gasteiger partial charge in [-0.2, -0.15) is 0 Å². The van der Waals surface area contributed by atoms with Crippen molar-refractivity contribution in [1.82, 2.24) is 19.7 Å². The molecule has 0 saturated carbocycles. The Morgan fingerprint density at radius 2 is 1.73 bits per heavy atom. The molecule has 11 nitrogen and oxygen atoms in total. The van der Waals surface area contributed by atoms with Crippen molar-refractivity contribution in [2.24, 2.45) is 0 Å². The zero-order chi connectivity index (χ0) is 31.2. The quantitative estimate of drug-likeness (QED) is 0.150. The van der Waals surface area contributed by atoms with Crippen molar-refractivity contribution in [3.05, 3.63) is 102 Å². The number of hydrogen-bond donors (Lipinski definition) is 2. The Bertz CT molecular complexity index is 1880. The first-order chi connectivity index (χ1) is 21.9. The number of aromatic nitrogens is 3. The number of sulfonamides is 1. The first-order valence-electron chi connectivity index (χ1n) is 14.7. The third kappa shape index (κ3) is 7.31. The molecule has 1 fully saturated rings. The summed E-state index contributed by atoms with van der Waals surface area (Å²) in [6, 6.07) is 27.1. The molecule has 0 radical (unpaired) electrons. The zero-order valence-corrected chi connectivity index (χ0v) is 25.7. The summed E-state index contributed by atoms with van der Waals surface area (Å²) in [6.07, 6.45) is 2.31. The van der Waals surface area contributed by atoms with Crippen LogP contribution in [-0.4, -0.2) is 56.7 Å². The van der Waals surface area contributed by atoms with Crippen molar-refractivity contribution in [1.29, 1.82) is 0 Å². The predicted molar refractivity (Wildman–Crippen MR) is 172 cm³/mol. The van der Waals surface area contributed by atoms with Gasteiger partial charge in [0.15, 0.2) is 0 Å². The van der Waals surface area contributed by atoms with Crippen molar-refractivity contribution in [3.8, 4) is 22.6 Å². The molecule has 0 atom stereocenters. The Hall–Kier alpha value is -4.78. The fourth-order valence-electron chi connectivity index (χ4n) is 5.29. The van der Waals surface area contributed by atoms with Gasteiger partial charge in [-0.15, -0.1) is 0 Å². The van der Waals surface area contributed by atoms with Crippen LogP contribution in [0.5, 0.6) is 11.5 Å². The summed E-state index contributed by atoms with van der Waals surface area (Å²) >= 11 is 0. The Labute approximate surface area is 262 Å². The van der Waals surface area contributed by atoms with Gasteiger partial charge in [0.25, 0.3) is 11.5 Å². The average Bonchev–Trinajstić information content (AvgIpc) is 3.58. The molecule has 0 spiro atoms. The van der Waals surface area contributed by atoms with Gasteiger partial charge in [-0.1, -0.05) is 42.5 Å². The van der Waals surface area contributed by atoms with Crippen LogP contribution in [0.25, 0.3) is 22.2 Å². The van der Waals surface area contributed by atoms with E-state index in [9.17, 15) is 13.6 Å². The maximum Gasteiger partial charge on any atom is 0.295 e. The highest BCUT2D eigenvalue weighted by molar-refractivity contribution is 7.89. The molecule has 5 aromatic rings. The number of anilines is 2. The summed E-state index contributed by atoms with van der Waals surface area (Å²) in [5, 5.41) is 20.1. The molecule has 6 rings (SSSR count). The highest BCUT2D eigenvalue weighted by atomic mass is 32.2. The first kappa shape index (κ1) is 30.3. The fraction of sp³-hybridized carbons (Fsp3) is 0.242. The van der Waals surface area contributed by atoms with Crippen molar-refractivity contribution in [2.45, 2.75) is 24.3 Å². The second-order valence-electron chi connectivity index (χ2n) is 10.7. The van der Waals surface area contributed by atoms with Gasteiger partial charge in [0, 0.05) is 36.5 Å². The minimum atomic E-state index is -3.64. The lowest BCUT2D eigenvalue weighted by Crippen LogP contribution is -2.33. The molecular weight excluding hydrogens is 592 g/mol. The Balaban J connectivity index is 1.17. The number of methoxy groups -OCH3 is 1. The lowest BCUT2D eigenvalue weighted by molar-refractivity contribution is -0.641. The van der Waals surface area contributed by atoms with Gasteiger partial charge in [0.1, 0.15) is 23.6 Å². The van der Waals surface area contributed by atoms with Gasteiger partial charge in [0.2, 0.25) is 10.0 Å². The standard InChI is InChI=1S/C33H34N6O5S/c1-43-32-22-30-31(21-29(32)25-10-7-11-27(20-25)44-23-24-8-3-2-4-9-24)39(40)37-33(36-30)35-26-12-14-28(15-13-26)45(41,42)34-16-19-38-17-5-6-18-38/h2-4,7-15,20-22,34H,5-6,16-19,23H2,1H3,(H,35,36,37). The second-order valence-corrected chi connectivity index (χ2v) is 12.5. The summed E-state index contributed by atoms with van der Waals surface area (Å²) in [5.74, 6) is 1.27. The van der Waals surface area contributed by atoms with Gasteiger partial charge in [-0.3, -0.25) is 0 Å². The minimum absolute atomic E-state index is 0.0583. The maximum absolute atomic E-state index is 13.0. The SMILES string of the molecule is COc1cc2nc(Nc3ccc(S(=O)(=O)NCCN4CCCC4)cc3)n[n+]([O-])c2cc1-c1cccc(OCc2ccccc2)c1. The van der Waals surface area contributed by atoms with Crippen LogP contribution in [0.1, 0.15) is 18.4 Å². The summed E-state index contributed by atoms with van der Waals surface area (Å²) in [7, 11) is -2.08. The van der Waals surface area contributed by atoms with Crippen LogP contribution in [-0.2, 0) is 16.6 Å². The van der Waals surface area contributed by atoms with E-state index in [0.29, 0.717) is 52.8 Å². The summed E-state index contributed by atoms with van der Waals surface area (Å²) < 4.78 is 39.8. The molecule has 4 aromatic carbocycles. The third-order valence-corrected chi connectivity index (χ3v) is 9.12. The van der Waals surface area contributed by atoms with Crippen molar-refractivity contribution in [3.63, 3.8) is 0 Å². The number of nitrogens with zero attached hydrogens (tertiary/aromatic N) is 4. The van der Waals surface area contributed by atoms with Gasteiger partial charge in [-0.05, 0) is 78.3 Å². The number of likely N-dealkylation sites (tertiary alicyclic amines) is 1. The van der Waals surface area contributed by atoms with Crippen LogP contribution in [0.3, 0.4) is 0 Å². The molecule has 1 aliphatic heterocycles. The van der Waals surface area contributed by atoms with Crippen LogP contribution in [0.15, 0.2) is 95.9 Å². The molecule has 45 heavy (non-hydrogen) atoms. The highest BCUT2D eigenvalue weighted by Crippen LogP contribution is 2.35. The Kier molecular flexibility index (Phi) is 9.06. The molecule has 0 unspecified atom stereocenters. The van der Waals surface area contributed by atoms with E-state index in [1.165, 1.54) is 12.1 Å². The number of nitrogens with one attached hydrogen (secondary N) is 2. The summed E-state index contributed by atoms with van der Waals surface area (Å²) in [6.45, 7) is 3.49. The first-order valence-corrected chi connectivity index (χ1v) is 16.2. The maximum atomic E-state index is 13.0. The van der Waals surface area contributed by atoms with Gasteiger partial charge >= 0.3 is 0 Å². The number of ether oxygens (including phenoxy) is 2. The monoisotopic (exact) mass is 626 g/mol. The van der Waals surface area contributed by atoms with Gasteiger partial charge in [-0.25, -0.2) is 18.1 Å². The largest absolute Gasteiger partial charge is 0.594 e. The predicted octanol–water partition coefficient (Wildman–Crippen LogP) is 4.64. The minimum Gasteiger partial charge on any atom is -0.594 e. The Morgan fingerprint density at radius 3 is 2.49 bits per heavy atom. The van der Waals surface area contributed by atoms with Crippen LogP contribution in [0, 0.1) is 5.21 Å². The molecule has 1 aliphatic rings. The topological polar surface area (TPSA) is 133 Å². The molecule has 2 heterocycles. The zero-order valence-electron chi connectivity index (χ0n) is 24.8. The number of fused-ring (bicyclic) bond motifs is 1. The van der Waals surface area contributed by atoms with E-state index < -0.39 is 10.0 Å². The number of rotatable bonds is 12. The molecule has 0 aliphatic carbocycles. The molecule has 1 saturated heterocycles. The van der Waals surface area contributed by atoms with E-state index in [4.69, 9.17) is 9.47 Å². The van der Waals surface area contributed by atoms with E-state index in [2.05, 4.69) is 25.0 Å². The highest BCUT2D eigenvalue weighted by Gasteiger charge is 2.19. The van der Waals surface area contributed by atoms with Crippen molar-refractivity contribution in [2.75, 3.05) is 38.6 Å². The fourth-order valence-corrected chi connectivity index (χ4v) is 6.31. The third-order valence-electron chi connectivity index (χ3n) is 7.65. The van der Waals surface area contributed by atoms with E-state index in [1.54, 1.807) is 31.4 Å². The molecule has 2 N–H and O–H groups in total. The lowest BCUT2D eigenvalue weighted by Gasteiger charge is -2.15. The van der Waals surface area contributed by atoms with Gasteiger partial charge < -0.3 is 24.9 Å². The molecule has 0 bridgehead atoms. The van der Waals surface area contributed by atoms with Crippen molar-refractivity contribution >= 4 is 32.7 Å². The van der Waals surface area contributed by atoms with Gasteiger partial charge in [0.05, 0.1) is 17.1 Å². The molecule has 0 amide bonds. The summed E-state index contributed by atoms with van der Waals surface area (Å²) in [4.78, 5) is 7.43. The van der Waals surface area contributed by atoms with E-state index in [-0.39, 0.29) is 16.4 Å². The lowest BCUT2D eigenvalue weighted by atomic mass is 10.0. The molecular formula is C33H34N6O5S. The van der Waals surface area contributed by atoms with Crippen LogP contribution in [0.2, 0.25) is 0 Å². The molecule has 12 heteroatoms. The van der Waals surface area contributed by atoms with E-state index in [0.717, 1.165) is 37.1 Å². The molecule has 1 aromatic heterocycles. The Morgan fingerprint density at radius 1 is 0.956 bits per heavy atom. The van der Waals surface area contributed by atoms with E-state index in [1.807, 2.05) is 54.6 Å². The average molecular weight is 627 g/mol. The summed E-state index contributed by atoms with van der Waals surface area (Å²) in [5.41, 5.74) is 3.72. The van der Waals surface area contributed by atoms with Crippen LogP contribution >= 0.6 is 0 Å². The number of benzene rings is 4. The van der Waals surface area contributed by atoms with Crippen molar-refractivity contribution < 1.29 is 22.7 Å². The normalized spacial score (nSPS) is 13.6. The smallest absolute Gasteiger partial charge is 0.295 e. The van der Waals surface area contributed by atoms with Crippen LogP contribution in [0.4, 0.5) is 11.6 Å². The number of hydrogen-bond acceptors (Lipinski definition) is 9. The second kappa shape index (κ2) is 13.5. The van der Waals surface area contributed by atoms with E-state index >= 15 is 0 Å². The molecule has 232 valence electrons. The van der Waals surface area contributed by atoms with Crippen LogP contribution < -0.4 is 24.4 Å².